The number of rotatable bonds is 22. The molecule has 9 fully saturated rings. The third-order valence-electron chi connectivity index (χ3n) is 24.0. The molecule has 100 heavy (non-hydrogen) atoms. The van der Waals surface area contributed by atoms with Crippen LogP contribution in [0.1, 0.15) is 118 Å². The summed E-state index contributed by atoms with van der Waals surface area (Å²) < 4.78 is 105. The number of methoxy groups -OCH3 is 4. The molecule has 568 valence electrons. The van der Waals surface area contributed by atoms with Crippen molar-refractivity contribution in [2.75, 3.05) is 41.7 Å². The zero-order valence-electron chi connectivity index (χ0n) is 58.7. The zero-order valence-corrected chi connectivity index (χ0v) is 58.7. The number of carbonyl (C=O) groups is 1. The van der Waals surface area contributed by atoms with Gasteiger partial charge in [-0.2, -0.15) is 0 Å². The first-order valence-electron chi connectivity index (χ1n) is 35.2. The molecule has 11 rings (SSSR count). The lowest BCUT2D eigenvalue weighted by Crippen LogP contribution is -2.78. The lowest BCUT2D eigenvalue weighted by Gasteiger charge is -2.67. The minimum Gasteiger partial charge on any atom is -0.458 e. The predicted octanol–water partition coefficient (Wildman–Crippen LogP) is -0.353. The molecular weight excluding hydrogens is 1320 g/mol. The van der Waals surface area contributed by atoms with E-state index in [2.05, 4.69) is 6.92 Å². The Morgan fingerprint density at radius 1 is 0.590 bits per heavy atom. The number of benzene rings is 1. The van der Waals surface area contributed by atoms with Crippen LogP contribution in [0.15, 0.2) is 48.1 Å². The van der Waals surface area contributed by atoms with Crippen molar-refractivity contribution >= 4 is 12.0 Å². The number of hydrogen-bond donors (Lipinski definition) is 12. The monoisotopic (exact) mass is 1430 g/mol. The molecule has 1 aromatic carbocycles. The summed E-state index contributed by atoms with van der Waals surface area (Å²) >= 11 is 0. The van der Waals surface area contributed by atoms with Gasteiger partial charge in [0.25, 0.3) is 0 Å². The number of aliphatic hydroxyl groups is 12. The largest absolute Gasteiger partial charge is 0.458 e. The molecule has 36 atom stereocenters. The molecule has 1 aromatic rings. The first-order chi connectivity index (χ1) is 47.4. The maximum atomic E-state index is 13.7. The second kappa shape index (κ2) is 31.5. The molecule has 10 aliphatic rings. The van der Waals surface area contributed by atoms with Crippen molar-refractivity contribution in [3.05, 3.63) is 53.6 Å². The summed E-state index contributed by atoms with van der Waals surface area (Å²) in [6.45, 7) is 11.0. The van der Waals surface area contributed by atoms with Gasteiger partial charge < -0.3 is 142 Å². The van der Waals surface area contributed by atoms with E-state index in [9.17, 15) is 66.1 Å². The van der Waals surface area contributed by atoms with Gasteiger partial charge in [0.1, 0.15) is 108 Å². The molecule has 0 aromatic heterocycles. The fraction of sp³-hybridized carbons (Fsp3) is 0.843. The third kappa shape index (κ3) is 14.5. The van der Waals surface area contributed by atoms with Crippen molar-refractivity contribution in [3.63, 3.8) is 0 Å². The summed E-state index contributed by atoms with van der Waals surface area (Å²) in [5.41, 5.74) is -6.08. The molecule has 30 heteroatoms. The van der Waals surface area contributed by atoms with Crippen molar-refractivity contribution in [1.29, 1.82) is 0 Å². The molecule has 6 aliphatic heterocycles. The maximum Gasteiger partial charge on any atom is 0.331 e. The number of esters is 1. The number of fused-ring (bicyclic) bond motifs is 5. The second-order valence-corrected chi connectivity index (χ2v) is 29.6. The van der Waals surface area contributed by atoms with E-state index in [0.29, 0.717) is 25.7 Å². The van der Waals surface area contributed by atoms with Crippen molar-refractivity contribution in [1.82, 2.24) is 0 Å². The van der Waals surface area contributed by atoms with E-state index in [1.165, 1.54) is 27.2 Å². The Morgan fingerprint density at radius 2 is 1.11 bits per heavy atom. The molecule has 0 amide bonds. The van der Waals surface area contributed by atoms with Gasteiger partial charge >= 0.3 is 5.97 Å². The standard InChI is InChI=1S/C70H108O30/c1-32-58(40(84-8)26-48(89-32)93-39-20-21-66(6)38(25-39)19-22-69(82)45(66)29-46(96-47(73)18-17-37-15-13-12-14-16-37)67(7)68(81,36(5)72)23-24-70(67,69)83)97-49-27-41(85-9)60(34(3)90-49)100-65-57(80)62(87-11)61(35(4)92-65)98-50-28-42(86-10)59(33(2)91-50)99-64-56(79)54(77)52(75)44(95-64)31-88-63-55(78)53(76)51(74)43(30-71)94-63/h12-19,32-36,39-46,48-65,71-72,74-83H,20-31H2,1-11H3/t32-,33-,34-,35-,36+,39+,40+,41+,42-,43-,44-,45-,46-,48+,49+,50+,51-,52-,53+,54+,55-,56-,57-,58-,59-,60-,61+,62-,63-,64+,65+,66+,67-,68-,69+,70-/m1/s1. The zero-order chi connectivity index (χ0) is 72.3. The van der Waals surface area contributed by atoms with Crippen LogP contribution in [0, 0.1) is 16.7 Å². The Hall–Kier alpha value is -2.95. The number of hydrogen-bond acceptors (Lipinski definition) is 30. The molecule has 6 heterocycles. The molecule has 0 radical (unpaired) electrons. The number of aliphatic hydroxyl groups excluding tert-OH is 9. The smallest absolute Gasteiger partial charge is 0.331 e. The van der Waals surface area contributed by atoms with E-state index >= 15 is 0 Å². The lowest BCUT2D eigenvalue weighted by atomic mass is 9.42. The summed E-state index contributed by atoms with van der Waals surface area (Å²) in [7, 11) is 5.99. The van der Waals surface area contributed by atoms with Crippen molar-refractivity contribution in [2.45, 2.75) is 314 Å². The van der Waals surface area contributed by atoms with Gasteiger partial charge in [-0.1, -0.05) is 55.8 Å². The van der Waals surface area contributed by atoms with Gasteiger partial charge in [0.2, 0.25) is 0 Å². The van der Waals surface area contributed by atoms with Crippen LogP contribution in [0.5, 0.6) is 0 Å². The highest BCUT2D eigenvalue weighted by Gasteiger charge is 2.81. The SMILES string of the molecule is CO[C@@H]1[C@@H](O)[C@H](O[C@H]2[C@@H](OC)C[C@H](O[C@H]3[C@@H](OC)C[C@H](O[C@H]4CC[C@@]5(C)C(=CC[C@]6(O)[C@@H]5C[C@@H](OC(=O)C=Cc5ccccc5)[C@@]5(C)[C@]6(O)CC[C@@]5(O)[C@H](C)O)C4)O[C@@H]3C)O[C@@H]2C)O[C@H](C)[C@@H]1O[C@H]1C[C@@H](OC)[C@H](O[C@@H]2O[C@H](CO[C@@H]3O[C@H](CO)[C@@H](O)[C@H](O)[C@H]3O)[C@@H](O)[C@H](O)[C@H]2O)[C@@H](C)O1. The van der Waals surface area contributed by atoms with Gasteiger partial charge in [-0.05, 0) is 96.6 Å². The summed E-state index contributed by atoms with van der Waals surface area (Å²) in [6.07, 6.45) is -25.7. The summed E-state index contributed by atoms with van der Waals surface area (Å²) in [6, 6.07) is 9.27. The van der Waals surface area contributed by atoms with Gasteiger partial charge in [0.15, 0.2) is 37.7 Å². The molecule has 0 spiro atoms. The average Bonchev–Trinajstić information content (AvgIpc) is 1.39. The molecule has 12 N–H and O–H groups in total. The van der Waals surface area contributed by atoms with Crippen molar-refractivity contribution in [2.24, 2.45) is 16.7 Å². The molecule has 0 bridgehead atoms. The van der Waals surface area contributed by atoms with E-state index < -0.39 is 231 Å². The van der Waals surface area contributed by atoms with Crippen LogP contribution in [-0.4, -0.2) is 310 Å². The molecule has 30 nitrogen and oxygen atoms in total. The van der Waals surface area contributed by atoms with Crippen LogP contribution in [0.4, 0.5) is 0 Å². The Balaban J connectivity index is 0.665. The summed E-state index contributed by atoms with van der Waals surface area (Å²) in [4.78, 5) is 13.7. The maximum absolute atomic E-state index is 13.7. The predicted molar refractivity (Wildman–Crippen MR) is 343 cm³/mol. The Bertz CT molecular complexity index is 2910. The van der Waals surface area contributed by atoms with Crippen LogP contribution >= 0.6 is 0 Å². The quantitative estimate of drug-likeness (QED) is 0.0401. The molecule has 6 saturated heterocycles. The third-order valence-corrected chi connectivity index (χ3v) is 24.0. The van der Waals surface area contributed by atoms with E-state index in [-0.39, 0.29) is 44.6 Å². The van der Waals surface area contributed by atoms with Crippen LogP contribution in [0.25, 0.3) is 6.08 Å². The van der Waals surface area contributed by atoms with E-state index in [4.69, 9.17) is 80.5 Å². The topological polar surface area (TPSA) is 417 Å². The lowest BCUT2D eigenvalue weighted by molar-refractivity contribution is -0.373. The molecular formula is C70H108O30. The van der Waals surface area contributed by atoms with E-state index in [1.807, 2.05) is 43.3 Å². The minimum atomic E-state index is -1.95. The highest BCUT2D eigenvalue weighted by molar-refractivity contribution is 5.87. The van der Waals surface area contributed by atoms with Gasteiger partial charge in [-0.25, -0.2) is 4.79 Å². The Morgan fingerprint density at radius 3 is 1.67 bits per heavy atom. The van der Waals surface area contributed by atoms with Crippen LogP contribution in [-0.2, 0) is 85.3 Å². The highest BCUT2D eigenvalue weighted by atomic mass is 16.8. The summed E-state index contributed by atoms with van der Waals surface area (Å²) in [5.74, 6) is -1.27. The Kier molecular flexibility index (Phi) is 24.6. The second-order valence-electron chi connectivity index (χ2n) is 29.6. The fourth-order valence-electron chi connectivity index (χ4n) is 18.1. The molecule has 3 saturated carbocycles. The molecule has 0 unspecified atom stereocenters. The number of carbonyl (C=O) groups excluding carboxylic acids is 1. The van der Waals surface area contributed by atoms with Crippen LogP contribution in [0.2, 0.25) is 0 Å². The normalized spacial score (nSPS) is 50.2. The van der Waals surface area contributed by atoms with Gasteiger partial charge in [0.05, 0.1) is 73.6 Å². The van der Waals surface area contributed by atoms with Crippen LogP contribution in [0.3, 0.4) is 0 Å². The molecule has 4 aliphatic carbocycles. The van der Waals surface area contributed by atoms with E-state index in [0.717, 1.165) is 11.1 Å². The first-order valence-corrected chi connectivity index (χ1v) is 35.2. The van der Waals surface area contributed by atoms with Crippen molar-refractivity contribution < 1.29 is 147 Å². The first kappa shape index (κ1) is 78.1. The summed E-state index contributed by atoms with van der Waals surface area (Å²) in [5, 5.41) is 135. The minimum absolute atomic E-state index is 0.0184. The Labute approximate surface area is 582 Å². The van der Waals surface area contributed by atoms with Crippen LogP contribution < -0.4 is 0 Å². The fourth-order valence-corrected chi connectivity index (χ4v) is 18.1. The van der Waals surface area contributed by atoms with E-state index in [1.54, 1.807) is 48.0 Å². The van der Waals surface area contributed by atoms with Gasteiger partial charge in [-0.15, -0.1) is 0 Å². The van der Waals surface area contributed by atoms with Gasteiger partial charge in [-0.3, -0.25) is 0 Å². The highest BCUT2D eigenvalue weighted by Crippen LogP contribution is 2.71. The van der Waals surface area contributed by atoms with Crippen molar-refractivity contribution in [3.8, 4) is 0 Å². The number of ether oxygens (including phenoxy) is 17. The van der Waals surface area contributed by atoms with Gasteiger partial charge in [0, 0.05) is 59.7 Å². The average molecular weight is 1430 g/mol.